The third kappa shape index (κ3) is 2.97. The smallest absolute Gasteiger partial charge is 0.262 e. The highest BCUT2D eigenvalue weighted by molar-refractivity contribution is 7.89. The van der Waals surface area contributed by atoms with Crippen LogP contribution >= 0.6 is 0 Å². The molecule has 1 atom stereocenters. The van der Waals surface area contributed by atoms with Gasteiger partial charge < -0.3 is 9.30 Å². The number of hydrogen-bond donors (Lipinski definition) is 0. The van der Waals surface area contributed by atoms with Crippen molar-refractivity contribution in [3.05, 3.63) is 36.4 Å². The second kappa shape index (κ2) is 5.69. The molecule has 2 aromatic heterocycles. The third-order valence-corrected chi connectivity index (χ3v) is 5.32. The number of rotatable bonds is 4. The number of imidazole rings is 1. The van der Waals surface area contributed by atoms with Crippen LogP contribution in [0.3, 0.4) is 0 Å². The van der Waals surface area contributed by atoms with E-state index in [9.17, 15) is 8.42 Å². The number of nitrogens with zero attached hydrogens (tertiary/aromatic N) is 4. The Balaban J connectivity index is 1.68. The topological polar surface area (TPSA) is 77.3 Å². The van der Waals surface area contributed by atoms with Crippen molar-refractivity contribution in [1.29, 1.82) is 0 Å². The highest BCUT2D eigenvalue weighted by Crippen LogP contribution is 2.22. The molecule has 0 spiro atoms. The highest BCUT2D eigenvalue weighted by Gasteiger charge is 2.35. The van der Waals surface area contributed by atoms with E-state index >= 15 is 0 Å². The van der Waals surface area contributed by atoms with Gasteiger partial charge in [0.25, 0.3) is 10.0 Å². The van der Waals surface area contributed by atoms with Crippen molar-refractivity contribution in [3.8, 4) is 5.88 Å². The fourth-order valence-corrected chi connectivity index (χ4v) is 3.81. The summed E-state index contributed by atoms with van der Waals surface area (Å²) >= 11 is 0. The van der Waals surface area contributed by atoms with Crippen LogP contribution in [0.1, 0.15) is 12.0 Å². The lowest BCUT2D eigenvalue weighted by Gasteiger charge is -2.15. The molecule has 0 unspecified atom stereocenters. The van der Waals surface area contributed by atoms with Crippen LogP contribution in [0.5, 0.6) is 5.88 Å². The summed E-state index contributed by atoms with van der Waals surface area (Å²) in [5.41, 5.74) is 1.05. The maximum atomic E-state index is 12.5. The van der Waals surface area contributed by atoms with E-state index in [1.807, 2.05) is 13.0 Å². The van der Waals surface area contributed by atoms with E-state index in [1.165, 1.54) is 16.8 Å². The van der Waals surface area contributed by atoms with Crippen molar-refractivity contribution in [3.63, 3.8) is 0 Å². The minimum absolute atomic E-state index is 0.0733. The lowest BCUT2D eigenvalue weighted by molar-refractivity contribution is 0.207. The zero-order chi connectivity index (χ0) is 15.7. The number of pyridine rings is 1. The fourth-order valence-electron chi connectivity index (χ4n) is 2.36. The van der Waals surface area contributed by atoms with Crippen molar-refractivity contribution in [1.82, 2.24) is 18.8 Å². The minimum atomic E-state index is -3.55. The minimum Gasteiger partial charge on any atom is -0.473 e. The van der Waals surface area contributed by atoms with Gasteiger partial charge >= 0.3 is 0 Å². The molecule has 3 rings (SSSR count). The van der Waals surface area contributed by atoms with E-state index in [0.29, 0.717) is 25.4 Å². The first kappa shape index (κ1) is 15.0. The van der Waals surface area contributed by atoms with Gasteiger partial charge in [-0.15, -0.1) is 0 Å². The molecule has 7 nitrogen and oxygen atoms in total. The maximum absolute atomic E-state index is 12.5. The molecule has 3 heterocycles. The van der Waals surface area contributed by atoms with Gasteiger partial charge in [0.15, 0.2) is 5.03 Å². The molecule has 0 bridgehead atoms. The summed E-state index contributed by atoms with van der Waals surface area (Å²) in [6.07, 6.45) is 5.17. The van der Waals surface area contributed by atoms with Crippen LogP contribution in [0, 0.1) is 6.92 Å². The summed E-state index contributed by atoms with van der Waals surface area (Å²) in [6, 6.07) is 3.71. The summed E-state index contributed by atoms with van der Waals surface area (Å²) in [5.74, 6) is 0.521. The second-order valence-corrected chi connectivity index (χ2v) is 7.33. The lowest BCUT2D eigenvalue weighted by atomic mass is 10.3. The van der Waals surface area contributed by atoms with Gasteiger partial charge in [-0.25, -0.2) is 18.4 Å². The Labute approximate surface area is 129 Å². The predicted molar refractivity (Wildman–Crippen MR) is 80.0 cm³/mol. The van der Waals surface area contributed by atoms with Crippen molar-refractivity contribution < 1.29 is 13.2 Å². The Hall–Kier alpha value is -1.93. The Bertz CT molecular complexity index is 755. The first-order valence-corrected chi connectivity index (χ1v) is 8.46. The molecule has 1 saturated heterocycles. The first-order valence-electron chi connectivity index (χ1n) is 7.02. The van der Waals surface area contributed by atoms with Gasteiger partial charge in [-0.2, -0.15) is 4.31 Å². The van der Waals surface area contributed by atoms with Crippen LogP contribution in [0.25, 0.3) is 0 Å². The van der Waals surface area contributed by atoms with E-state index in [2.05, 4.69) is 9.97 Å². The molecule has 118 valence electrons. The summed E-state index contributed by atoms with van der Waals surface area (Å²) in [6.45, 7) is 2.69. The van der Waals surface area contributed by atoms with Crippen molar-refractivity contribution >= 4 is 10.0 Å². The molecule has 22 heavy (non-hydrogen) atoms. The summed E-state index contributed by atoms with van der Waals surface area (Å²) in [4.78, 5) is 8.12. The van der Waals surface area contributed by atoms with Gasteiger partial charge in [0.05, 0.1) is 12.9 Å². The molecule has 0 amide bonds. The molecular weight excluding hydrogens is 304 g/mol. The molecule has 1 aliphatic heterocycles. The lowest BCUT2D eigenvalue weighted by Crippen LogP contribution is -2.31. The normalized spacial score (nSPS) is 19.5. The molecule has 8 heteroatoms. The van der Waals surface area contributed by atoms with Gasteiger partial charge in [-0.05, 0) is 18.9 Å². The van der Waals surface area contributed by atoms with Crippen molar-refractivity contribution in [2.45, 2.75) is 24.5 Å². The van der Waals surface area contributed by atoms with Crippen LogP contribution in [-0.2, 0) is 17.1 Å². The van der Waals surface area contributed by atoms with E-state index in [-0.39, 0.29) is 11.1 Å². The Morgan fingerprint density at radius 1 is 1.32 bits per heavy atom. The van der Waals surface area contributed by atoms with Crippen LogP contribution in [0.15, 0.2) is 35.9 Å². The van der Waals surface area contributed by atoms with Gasteiger partial charge in [-0.1, -0.05) is 6.07 Å². The molecule has 0 saturated carbocycles. The SMILES string of the molecule is Cc1ccc(O[C@H]2CCN(S(=O)(=O)c3cn(C)cn3)C2)nc1. The highest BCUT2D eigenvalue weighted by atomic mass is 32.2. The van der Waals surface area contributed by atoms with Gasteiger partial charge in [0, 0.05) is 32.1 Å². The number of aryl methyl sites for hydroxylation is 2. The molecule has 0 N–H and O–H groups in total. The van der Waals surface area contributed by atoms with Gasteiger partial charge in [0.1, 0.15) is 6.10 Å². The number of sulfonamides is 1. The largest absolute Gasteiger partial charge is 0.473 e. The average Bonchev–Trinajstić information content (AvgIpc) is 3.11. The number of aromatic nitrogens is 3. The molecule has 1 fully saturated rings. The molecule has 0 aliphatic carbocycles. The molecule has 1 aliphatic rings. The zero-order valence-electron chi connectivity index (χ0n) is 12.5. The summed E-state index contributed by atoms with van der Waals surface area (Å²) < 4.78 is 33.7. The predicted octanol–water partition coefficient (Wildman–Crippen LogP) is 0.966. The van der Waals surface area contributed by atoms with E-state index < -0.39 is 10.0 Å². The second-order valence-electron chi connectivity index (χ2n) is 5.44. The standard InChI is InChI=1S/C14H18N4O3S/c1-11-3-4-13(15-7-11)21-12-5-6-18(8-12)22(19,20)14-9-17(2)10-16-14/h3-4,7,9-10,12H,5-6,8H2,1-2H3/t12-/m0/s1. The molecule has 2 aromatic rings. The zero-order valence-corrected chi connectivity index (χ0v) is 13.3. The van der Waals surface area contributed by atoms with Crippen molar-refractivity contribution in [2.24, 2.45) is 7.05 Å². The van der Waals surface area contributed by atoms with E-state index in [0.717, 1.165) is 5.56 Å². The van der Waals surface area contributed by atoms with Crippen LogP contribution < -0.4 is 4.74 Å². The maximum Gasteiger partial charge on any atom is 0.262 e. The Kier molecular flexibility index (Phi) is 3.88. The quantitative estimate of drug-likeness (QED) is 0.838. The van der Waals surface area contributed by atoms with Gasteiger partial charge in [-0.3, -0.25) is 0 Å². The fraction of sp³-hybridized carbons (Fsp3) is 0.429. The molecular formula is C14H18N4O3S. The van der Waals surface area contributed by atoms with Crippen LogP contribution in [-0.4, -0.2) is 46.5 Å². The van der Waals surface area contributed by atoms with E-state index in [4.69, 9.17) is 4.74 Å². The van der Waals surface area contributed by atoms with Crippen LogP contribution in [0.2, 0.25) is 0 Å². The van der Waals surface area contributed by atoms with Crippen molar-refractivity contribution in [2.75, 3.05) is 13.1 Å². The van der Waals surface area contributed by atoms with E-state index in [1.54, 1.807) is 23.9 Å². The first-order chi connectivity index (χ1) is 10.4. The van der Waals surface area contributed by atoms with Gasteiger partial charge in [0.2, 0.25) is 5.88 Å². The van der Waals surface area contributed by atoms with Crippen LogP contribution in [0.4, 0.5) is 0 Å². The Morgan fingerprint density at radius 2 is 2.14 bits per heavy atom. The summed E-state index contributed by atoms with van der Waals surface area (Å²) in [5, 5.41) is 0.0733. The summed E-state index contributed by atoms with van der Waals surface area (Å²) in [7, 11) is -1.81. The number of hydrogen-bond acceptors (Lipinski definition) is 5. The molecule has 0 aromatic carbocycles. The Morgan fingerprint density at radius 3 is 2.77 bits per heavy atom. The molecule has 0 radical (unpaired) electrons. The average molecular weight is 322 g/mol. The third-order valence-electron chi connectivity index (χ3n) is 3.56. The monoisotopic (exact) mass is 322 g/mol. The number of ether oxygens (including phenoxy) is 1.